The predicted molar refractivity (Wildman–Crippen MR) is 116 cm³/mol. The lowest BCUT2D eigenvalue weighted by molar-refractivity contribution is -0.140. The number of nitrogens with zero attached hydrogens (tertiary/aromatic N) is 1. The highest BCUT2D eigenvalue weighted by atomic mass is 35.5. The van der Waals surface area contributed by atoms with E-state index in [9.17, 15) is 14.7 Å². The highest BCUT2D eigenvalue weighted by Crippen LogP contribution is 2.50. The van der Waals surface area contributed by atoms with Crippen molar-refractivity contribution in [3.05, 3.63) is 70.2 Å². The van der Waals surface area contributed by atoms with E-state index in [-0.39, 0.29) is 11.4 Å². The van der Waals surface area contributed by atoms with Crippen LogP contribution in [0.2, 0.25) is 5.02 Å². The number of hydrogen-bond acceptors (Lipinski definition) is 3. The van der Waals surface area contributed by atoms with Gasteiger partial charge in [-0.05, 0) is 48.4 Å². The minimum absolute atomic E-state index is 0.0298. The molecule has 158 valence electrons. The number of hydrogen-bond donors (Lipinski definition) is 2. The van der Waals surface area contributed by atoms with Crippen LogP contribution in [-0.2, 0) is 27.1 Å². The van der Waals surface area contributed by atoms with Gasteiger partial charge >= 0.3 is 5.97 Å². The van der Waals surface area contributed by atoms with Gasteiger partial charge in [-0.15, -0.1) is 0 Å². The van der Waals surface area contributed by atoms with Crippen molar-refractivity contribution in [2.45, 2.75) is 50.1 Å². The first-order valence-electron chi connectivity index (χ1n) is 10.4. The Hall–Kier alpha value is -2.37. The molecule has 1 saturated heterocycles. The number of carbonyl (C=O) groups is 2. The van der Waals surface area contributed by atoms with Crippen molar-refractivity contribution >= 4 is 23.5 Å². The van der Waals surface area contributed by atoms with Gasteiger partial charge in [0.25, 0.3) is 0 Å². The van der Waals surface area contributed by atoms with E-state index in [1.165, 1.54) is 0 Å². The molecule has 0 aromatic heterocycles. The third-order valence-electron chi connectivity index (χ3n) is 6.63. The van der Waals surface area contributed by atoms with Gasteiger partial charge in [0.15, 0.2) is 0 Å². The number of nitrogens with one attached hydrogen (secondary N) is 1. The van der Waals surface area contributed by atoms with Crippen LogP contribution in [0.25, 0.3) is 0 Å². The van der Waals surface area contributed by atoms with Crippen LogP contribution in [0.4, 0.5) is 0 Å². The average Bonchev–Trinajstić information content (AvgIpc) is 3.53. The van der Waals surface area contributed by atoms with Crippen molar-refractivity contribution in [1.82, 2.24) is 10.2 Å². The van der Waals surface area contributed by atoms with Crippen molar-refractivity contribution in [2.24, 2.45) is 0 Å². The van der Waals surface area contributed by atoms with E-state index in [1.54, 1.807) is 6.92 Å². The molecule has 2 aliphatic rings. The first kappa shape index (κ1) is 20.9. The van der Waals surface area contributed by atoms with Gasteiger partial charge in [-0.2, -0.15) is 0 Å². The van der Waals surface area contributed by atoms with Crippen molar-refractivity contribution in [2.75, 3.05) is 13.1 Å². The molecule has 2 N–H and O–H groups in total. The molecule has 1 saturated carbocycles. The fraction of sp³-hybridized carbons (Fsp3) is 0.417. The molecule has 30 heavy (non-hydrogen) atoms. The molecule has 0 bridgehead atoms. The molecule has 0 atom stereocenters. The molecule has 2 fully saturated rings. The average molecular weight is 427 g/mol. The Morgan fingerprint density at radius 2 is 1.70 bits per heavy atom. The van der Waals surface area contributed by atoms with Gasteiger partial charge in [0, 0.05) is 31.6 Å². The minimum atomic E-state index is -0.778. The van der Waals surface area contributed by atoms with Crippen LogP contribution in [0.15, 0.2) is 48.5 Å². The van der Waals surface area contributed by atoms with E-state index in [0.717, 1.165) is 42.6 Å². The number of carboxylic acid groups (broad SMARTS) is 1. The summed E-state index contributed by atoms with van der Waals surface area (Å²) in [5, 5.41) is 13.6. The van der Waals surface area contributed by atoms with E-state index in [2.05, 4.69) is 22.3 Å². The number of amides is 1. The number of carbonyl (C=O) groups excluding carboxylic acids is 1. The van der Waals surface area contributed by atoms with Crippen molar-refractivity contribution in [3.8, 4) is 0 Å². The zero-order chi connectivity index (χ0) is 21.4. The monoisotopic (exact) mass is 426 g/mol. The lowest BCUT2D eigenvalue weighted by Gasteiger charge is -2.43. The summed E-state index contributed by atoms with van der Waals surface area (Å²) in [6.07, 6.45) is 2.91. The maximum absolute atomic E-state index is 11.9. The number of halogens is 1. The molecule has 0 unspecified atom stereocenters. The van der Waals surface area contributed by atoms with Gasteiger partial charge in [0.1, 0.15) is 0 Å². The maximum atomic E-state index is 11.9. The van der Waals surface area contributed by atoms with Crippen LogP contribution in [0.5, 0.6) is 0 Å². The number of benzene rings is 2. The normalized spacial score (nSPS) is 19.8. The van der Waals surface area contributed by atoms with Crippen LogP contribution >= 0.6 is 11.6 Å². The van der Waals surface area contributed by atoms with Gasteiger partial charge in [-0.1, -0.05) is 54.1 Å². The molecule has 1 amide bonds. The zero-order valence-corrected chi connectivity index (χ0v) is 17.9. The third kappa shape index (κ3) is 3.84. The van der Waals surface area contributed by atoms with Crippen LogP contribution in [0.3, 0.4) is 0 Å². The van der Waals surface area contributed by atoms with Gasteiger partial charge in [0.2, 0.25) is 5.91 Å². The number of piperidine rings is 1. The summed E-state index contributed by atoms with van der Waals surface area (Å²) < 4.78 is 0. The maximum Gasteiger partial charge on any atom is 0.314 e. The summed E-state index contributed by atoms with van der Waals surface area (Å²) in [4.78, 5) is 26.1. The summed E-state index contributed by atoms with van der Waals surface area (Å²) in [6.45, 7) is 3.77. The SMILES string of the molecule is CC(=O)NC1(c2ccccc2)CCN(Cc2c(Cl)cccc2C2(C(=O)O)CC2)CC1. The molecule has 1 aliphatic carbocycles. The fourth-order valence-corrected chi connectivity index (χ4v) is 5.02. The number of rotatable bonds is 6. The van der Waals surface area contributed by atoms with Gasteiger partial charge in [-0.25, -0.2) is 0 Å². The summed E-state index contributed by atoms with van der Waals surface area (Å²) >= 11 is 6.53. The van der Waals surface area contributed by atoms with E-state index < -0.39 is 11.4 Å². The Labute approximate surface area is 182 Å². The molecule has 2 aromatic rings. The van der Waals surface area contributed by atoms with Crippen molar-refractivity contribution in [3.63, 3.8) is 0 Å². The lowest BCUT2D eigenvalue weighted by Crippen LogP contribution is -2.52. The van der Waals surface area contributed by atoms with Gasteiger partial charge in [0.05, 0.1) is 11.0 Å². The second-order valence-corrected chi connectivity index (χ2v) is 8.97. The Balaban J connectivity index is 1.54. The van der Waals surface area contributed by atoms with Crippen LogP contribution in [-0.4, -0.2) is 35.0 Å². The van der Waals surface area contributed by atoms with Crippen LogP contribution in [0.1, 0.15) is 49.3 Å². The minimum Gasteiger partial charge on any atom is -0.481 e. The molecule has 4 rings (SSSR count). The lowest BCUT2D eigenvalue weighted by atomic mass is 9.80. The quantitative estimate of drug-likeness (QED) is 0.730. The van der Waals surface area contributed by atoms with E-state index in [0.29, 0.717) is 24.4 Å². The molecule has 0 radical (unpaired) electrons. The van der Waals surface area contributed by atoms with Crippen LogP contribution < -0.4 is 5.32 Å². The van der Waals surface area contributed by atoms with Crippen molar-refractivity contribution in [1.29, 1.82) is 0 Å². The van der Waals surface area contributed by atoms with Crippen LogP contribution in [0, 0.1) is 0 Å². The highest BCUT2D eigenvalue weighted by Gasteiger charge is 2.53. The predicted octanol–water partition coefficient (Wildman–Crippen LogP) is 4.08. The molecular formula is C24H27ClN2O3. The standard InChI is InChI=1S/C24H27ClN2O3/c1-17(28)26-24(18-6-3-2-4-7-18)12-14-27(15-13-24)16-19-20(8-5-9-21(19)25)23(10-11-23)22(29)30/h2-9H,10-16H2,1H3,(H,26,28)(H,29,30). The van der Waals surface area contributed by atoms with Gasteiger partial charge < -0.3 is 10.4 Å². The topological polar surface area (TPSA) is 69.6 Å². The Morgan fingerprint density at radius 3 is 2.27 bits per heavy atom. The van der Waals surface area contributed by atoms with Crippen molar-refractivity contribution < 1.29 is 14.7 Å². The van der Waals surface area contributed by atoms with E-state index in [4.69, 9.17) is 11.6 Å². The number of likely N-dealkylation sites (tertiary alicyclic amines) is 1. The second kappa shape index (κ2) is 8.05. The highest BCUT2D eigenvalue weighted by molar-refractivity contribution is 6.31. The third-order valence-corrected chi connectivity index (χ3v) is 6.98. The molecule has 2 aromatic carbocycles. The smallest absolute Gasteiger partial charge is 0.314 e. The summed E-state index contributed by atoms with van der Waals surface area (Å²) in [5.74, 6) is -0.795. The van der Waals surface area contributed by atoms with Gasteiger partial charge in [-0.3, -0.25) is 14.5 Å². The largest absolute Gasteiger partial charge is 0.481 e. The van der Waals surface area contributed by atoms with E-state index >= 15 is 0 Å². The first-order chi connectivity index (χ1) is 14.4. The number of aliphatic carboxylic acids is 1. The summed E-state index contributed by atoms with van der Waals surface area (Å²) in [6, 6.07) is 15.7. The number of carboxylic acids is 1. The summed E-state index contributed by atoms with van der Waals surface area (Å²) in [5.41, 5.74) is 1.75. The Kier molecular flexibility index (Phi) is 5.60. The molecule has 1 aliphatic heterocycles. The van der Waals surface area contributed by atoms with E-state index in [1.807, 2.05) is 36.4 Å². The second-order valence-electron chi connectivity index (χ2n) is 8.56. The Bertz CT molecular complexity index is 948. The molecule has 6 heteroatoms. The molecule has 5 nitrogen and oxygen atoms in total. The molecule has 0 spiro atoms. The molecule has 1 heterocycles. The molecular weight excluding hydrogens is 400 g/mol. The fourth-order valence-electron chi connectivity index (χ4n) is 4.79. The zero-order valence-electron chi connectivity index (χ0n) is 17.2. The summed E-state index contributed by atoms with van der Waals surface area (Å²) in [7, 11) is 0. The Morgan fingerprint density at radius 1 is 1.03 bits per heavy atom. The first-order valence-corrected chi connectivity index (χ1v) is 10.8.